The molecule has 1 aromatic rings. The third-order valence-corrected chi connectivity index (χ3v) is 5.06. The van der Waals surface area contributed by atoms with Crippen LogP contribution in [0.25, 0.3) is 0 Å². The average molecular weight is 315 g/mol. The fourth-order valence-corrected chi connectivity index (χ4v) is 3.55. The van der Waals surface area contributed by atoms with Gasteiger partial charge in [0.25, 0.3) is 0 Å². The predicted octanol–water partition coefficient (Wildman–Crippen LogP) is 0.343. The number of benzene rings is 1. The maximum atomic E-state index is 12.2. The van der Waals surface area contributed by atoms with Crippen molar-refractivity contribution in [2.75, 3.05) is 13.2 Å². The second-order valence-electron chi connectivity index (χ2n) is 5.05. The summed E-state index contributed by atoms with van der Waals surface area (Å²) in [7, 11) is -3.72. The van der Waals surface area contributed by atoms with Gasteiger partial charge < -0.3 is 14.9 Å². The first-order valence-electron chi connectivity index (χ1n) is 6.46. The highest BCUT2D eigenvalue weighted by Crippen LogP contribution is 2.33. The van der Waals surface area contributed by atoms with Crippen molar-refractivity contribution < 1.29 is 28.2 Å². The van der Waals surface area contributed by atoms with Gasteiger partial charge in [0.05, 0.1) is 17.0 Å². The van der Waals surface area contributed by atoms with E-state index in [2.05, 4.69) is 4.72 Å². The minimum absolute atomic E-state index is 0.0462. The molecule has 0 aliphatic heterocycles. The van der Waals surface area contributed by atoms with Crippen LogP contribution in [0.2, 0.25) is 0 Å². The predicted molar refractivity (Wildman–Crippen MR) is 73.6 cm³/mol. The van der Waals surface area contributed by atoms with E-state index in [4.69, 9.17) is 9.84 Å². The molecule has 0 unspecified atom stereocenters. The van der Waals surface area contributed by atoms with Crippen LogP contribution in [0.1, 0.15) is 19.3 Å². The SMILES string of the molecule is O=C(O)COc1ccc(S(=O)(=O)NC2(CO)CCC2)cc1. The van der Waals surface area contributed by atoms with Crippen molar-refractivity contribution in [3.63, 3.8) is 0 Å². The van der Waals surface area contributed by atoms with Crippen LogP contribution in [-0.4, -0.2) is 43.4 Å². The van der Waals surface area contributed by atoms with Gasteiger partial charge in [0, 0.05) is 0 Å². The molecule has 0 saturated heterocycles. The summed E-state index contributed by atoms with van der Waals surface area (Å²) in [5.41, 5.74) is -0.753. The van der Waals surface area contributed by atoms with E-state index in [0.29, 0.717) is 12.8 Å². The van der Waals surface area contributed by atoms with Gasteiger partial charge in [-0.05, 0) is 43.5 Å². The Kier molecular flexibility index (Phi) is 4.50. The van der Waals surface area contributed by atoms with E-state index in [0.717, 1.165) is 6.42 Å². The molecule has 1 aliphatic carbocycles. The molecule has 0 radical (unpaired) electrons. The lowest BCUT2D eigenvalue weighted by Crippen LogP contribution is -2.55. The van der Waals surface area contributed by atoms with Crippen molar-refractivity contribution in [2.24, 2.45) is 0 Å². The van der Waals surface area contributed by atoms with Gasteiger partial charge in [0.1, 0.15) is 5.75 Å². The lowest BCUT2D eigenvalue weighted by atomic mass is 9.78. The molecular weight excluding hydrogens is 298 g/mol. The van der Waals surface area contributed by atoms with E-state index in [1.54, 1.807) is 0 Å². The molecule has 0 spiro atoms. The van der Waals surface area contributed by atoms with E-state index in [-0.39, 0.29) is 17.3 Å². The van der Waals surface area contributed by atoms with Gasteiger partial charge in [-0.2, -0.15) is 0 Å². The normalized spacial score (nSPS) is 17.0. The fourth-order valence-electron chi connectivity index (χ4n) is 2.10. The van der Waals surface area contributed by atoms with E-state index in [1.165, 1.54) is 24.3 Å². The molecule has 0 atom stereocenters. The highest BCUT2D eigenvalue weighted by molar-refractivity contribution is 7.89. The number of carboxylic acids is 1. The fraction of sp³-hybridized carbons (Fsp3) is 0.462. The molecule has 1 saturated carbocycles. The number of sulfonamides is 1. The molecule has 1 aromatic carbocycles. The van der Waals surface area contributed by atoms with Crippen LogP contribution < -0.4 is 9.46 Å². The highest BCUT2D eigenvalue weighted by Gasteiger charge is 2.40. The first-order valence-corrected chi connectivity index (χ1v) is 7.95. The van der Waals surface area contributed by atoms with Gasteiger partial charge in [-0.3, -0.25) is 0 Å². The topological polar surface area (TPSA) is 113 Å². The second-order valence-corrected chi connectivity index (χ2v) is 6.73. The van der Waals surface area contributed by atoms with Crippen molar-refractivity contribution in [3.05, 3.63) is 24.3 Å². The van der Waals surface area contributed by atoms with E-state index >= 15 is 0 Å². The summed E-state index contributed by atoms with van der Waals surface area (Å²) in [5, 5.41) is 17.8. The maximum absolute atomic E-state index is 12.2. The molecule has 3 N–H and O–H groups in total. The molecule has 2 rings (SSSR count). The Hall–Kier alpha value is -1.64. The standard InChI is InChI=1S/C13H17NO6S/c15-9-13(6-1-7-13)14-21(18,19)11-4-2-10(3-5-11)20-8-12(16)17/h2-5,14-15H,1,6-9H2,(H,16,17). The maximum Gasteiger partial charge on any atom is 0.341 e. The zero-order valence-electron chi connectivity index (χ0n) is 11.3. The zero-order valence-corrected chi connectivity index (χ0v) is 12.1. The summed E-state index contributed by atoms with van der Waals surface area (Å²) in [4.78, 5) is 10.4. The summed E-state index contributed by atoms with van der Waals surface area (Å²) in [5.74, 6) is -0.833. The molecule has 0 heterocycles. The van der Waals surface area contributed by atoms with Crippen molar-refractivity contribution >= 4 is 16.0 Å². The Morgan fingerprint density at radius 1 is 1.29 bits per heavy atom. The number of hydrogen-bond acceptors (Lipinski definition) is 5. The smallest absolute Gasteiger partial charge is 0.341 e. The van der Waals surface area contributed by atoms with Gasteiger partial charge in [0.15, 0.2) is 6.61 Å². The Morgan fingerprint density at radius 3 is 2.33 bits per heavy atom. The summed E-state index contributed by atoms with van der Waals surface area (Å²) >= 11 is 0. The Balaban J connectivity index is 2.08. The highest BCUT2D eigenvalue weighted by atomic mass is 32.2. The minimum atomic E-state index is -3.72. The molecule has 8 heteroatoms. The lowest BCUT2D eigenvalue weighted by Gasteiger charge is -2.40. The summed E-state index contributed by atoms with van der Waals surface area (Å²) in [6.45, 7) is -0.718. The first-order chi connectivity index (χ1) is 9.87. The third-order valence-electron chi connectivity index (χ3n) is 3.46. The van der Waals surface area contributed by atoms with Crippen LogP contribution in [0.4, 0.5) is 0 Å². The Bertz CT molecular complexity index is 601. The summed E-state index contributed by atoms with van der Waals surface area (Å²) in [6, 6.07) is 5.46. The second kappa shape index (κ2) is 6.00. The largest absolute Gasteiger partial charge is 0.482 e. The number of ether oxygens (including phenoxy) is 1. The van der Waals surface area contributed by atoms with Gasteiger partial charge in [-0.1, -0.05) is 0 Å². The molecule has 0 bridgehead atoms. The van der Waals surface area contributed by atoms with E-state index < -0.39 is 28.1 Å². The molecular formula is C13H17NO6S. The van der Waals surface area contributed by atoms with Crippen LogP contribution in [0.15, 0.2) is 29.2 Å². The summed E-state index contributed by atoms with van der Waals surface area (Å²) < 4.78 is 31.9. The molecule has 0 aromatic heterocycles. The quantitative estimate of drug-likeness (QED) is 0.669. The lowest BCUT2D eigenvalue weighted by molar-refractivity contribution is -0.139. The van der Waals surface area contributed by atoms with E-state index in [1.807, 2.05) is 0 Å². The van der Waals surface area contributed by atoms with Crippen LogP contribution >= 0.6 is 0 Å². The molecule has 116 valence electrons. The number of aliphatic hydroxyl groups is 1. The van der Waals surface area contributed by atoms with E-state index in [9.17, 15) is 18.3 Å². The van der Waals surface area contributed by atoms with Crippen molar-refractivity contribution in [2.45, 2.75) is 29.7 Å². The number of rotatable bonds is 7. The number of aliphatic hydroxyl groups excluding tert-OH is 1. The van der Waals surface area contributed by atoms with Gasteiger partial charge in [0.2, 0.25) is 10.0 Å². The van der Waals surface area contributed by atoms with Crippen LogP contribution in [0, 0.1) is 0 Å². The molecule has 0 amide bonds. The summed E-state index contributed by atoms with van der Waals surface area (Å²) in [6.07, 6.45) is 2.11. The molecule has 1 aliphatic rings. The minimum Gasteiger partial charge on any atom is -0.482 e. The molecule has 1 fully saturated rings. The van der Waals surface area contributed by atoms with Crippen molar-refractivity contribution in [1.29, 1.82) is 0 Å². The first kappa shape index (κ1) is 15.7. The van der Waals surface area contributed by atoms with Crippen molar-refractivity contribution in [3.8, 4) is 5.75 Å². The number of carboxylic acid groups (broad SMARTS) is 1. The van der Waals surface area contributed by atoms with Crippen LogP contribution in [-0.2, 0) is 14.8 Å². The van der Waals surface area contributed by atoms with Crippen molar-refractivity contribution in [1.82, 2.24) is 4.72 Å². The Labute approximate surface area is 122 Å². The number of hydrogen-bond donors (Lipinski definition) is 3. The zero-order chi connectivity index (χ0) is 15.5. The van der Waals surface area contributed by atoms with Crippen LogP contribution in [0.5, 0.6) is 5.75 Å². The molecule has 21 heavy (non-hydrogen) atoms. The number of nitrogens with one attached hydrogen (secondary N) is 1. The van der Waals surface area contributed by atoms with Gasteiger partial charge in [-0.25, -0.2) is 17.9 Å². The molecule has 7 nitrogen and oxygen atoms in total. The van der Waals surface area contributed by atoms with Gasteiger partial charge >= 0.3 is 5.97 Å². The Morgan fingerprint density at radius 2 is 1.90 bits per heavy atom. The third kappa shape index (κ3) is 3.72. The van der Waals surface area contributed by atoms with Gasteiger partial charge in [-0.15, -0.1) is 0 Å². The number of aliphatic carboxylic acids is 1. The van der Waals surface area contributed by atoms with Crippen LogP contribution in [0.3, 0.4) is 0 Å². The average Bonchev–Trinajstić information content (AvgIpc) is 2.41. The number of carbonyl (C=O) groups is 1. The monoisotopic (exact) mass is 315 g/mol.